The molecule has 1 radical (unpaired) electrons. The SMILES string of the molecule is CC(=N\O)/C(C)=N/O.CC(=N\O)/C(C)=N/O.CC(C)(C)c1ccncc1.[Co].[S-]c1ccc(Cl)cc1. The van der Waals surface area contributed by atoms with Gasteiger partial charge in [0, 0.05) is 34.2 Å². The van der Waals surface area contributed by atoms with Gasteiger partial charge in [-0.3, -0.25) is 4.98 Å². The van der Waals surface area contributed by atoms with Crippen molar-refractivity contribution in [2.24, 2.45) is 20.6 Å². The summed E-state index contributed by atoms with van der Waals surface area (Å²) in [6.45, 7) is 12.7. The fourth-order valence-electron chi connectivity index (χ4n) is 1.58. The summed E-state index contributed by atoms with van der Waals surface area (Å²) in [6.07, 6.45) is 3.67. The van der Waals surface area contributed by atoms with Crippen LogP contribution < -0.4 is 0 Å². The predicted octanol–water partition coefficient (Wildman–Crippen LogP) is 6.00. The Morgan fingerprint density at radius 3 is 1.23 bits per heavy atom. The Balaban J connectivity index is -0.000000389. The Bertz CT molecular complexity index is 864. The molecule has 12 heteroatoms. The smallest absolute Gasteiger partial charge is 0.101 e. The van der Waals surface area contributed by atoms with Crippen LogP contribution >= 0.6 is 11.6 Å². The van der Waals surface area contributed by atoms with Crippen molar-refractivity contribution in [2.75, 3.05) is 0 Å². The number of oxime groups is 4. The van der Waals surface area contributed by atoms with E-state index in [1.54, 1.807) is 24.3 Å². The third kappa shape index (κ3) is 19.3. The van der Waals surface area contributed by atoms with E-state index in [0.29, 0.717) is 22.8 Å². The second kappa shape index (κ2) is 20.6. The van der Waals surface area contributed by atoms with E-state index >= 15 is 0 Å². The van der Waals surface area contributed by atoms with Crippen LogP contribution in [0.25, 0.3) is 0 Å². The molecule has 2 aromatic rings. The van der Waals surface area contributed by atoms with E-state index in [1.165, 1.54) is 33.3 Å². The summed E-state index contributed by atoms with van der Waals surface area (Å²) in [5, 5.41) is 44.0. The molecule has 1 aromatic carbocycles. The average Bonchev–Trinajstić information content (AvgIpc) is 2.85. The fourth-order valence-corrected chi connectivity index (χ4v) is 1.84. The van der Waals surface area contributed by atoms with Crippen LogP contribution in [0.4, 0.5) is 0 Å². The monoisotopic (exact) mass is 569 g/mol. The van der Waals surface area contributed by atoms with Gasteiger partial charge in [-0.1, -0.05) is 65.1 Å². The van der Waals surface area contributed by atoms with Crippen LogP contribution in [0, 0.1) is 0 Å². The molecule has 0 fully saturated rings. The molecular weight excluding hydrogens is 537 g/mol. The Kier molecular flexibility index (Phi) is 21.7. The molecule has 0 aliphatic heterocycles. The summed E-state index contributed by atoms with van der Waals surface area (Å²) >= 11 is 10.4. The molecule has 0 aliphatic rings. The summed E-state index contributed by atoms with van der Waals surface area (Å²) in [4.78, 5) is 4.79. The summed E-state index contributed by atoms with van der Waals surface area (Å²) in [5.41, 5.74) is 2.84. The predicted molar refractivity (Wildman–Crippen MR) is 140 cm³/mol. The number of pyridine rings is 1. The van der Waals surface area contributed by atoms with Gasteiger partial charge in [-0.2, -0.15) is 4.90 Å². The largest absolute Gasteiger partial charge is 0.780 e. The van der Waals surface area contributed by atoms with E-state index in [9.17, 15) is 0 Å². The first-order valence-corrected chi connectivity index (χ1v) is 10.7. The van der Waals surface area contributed by atoms with Crippen LogP contribution in [0.15, 0.2) is 74.3 Å². The quantitative estimate of drug-likeness (QED) is 0.151. The summed E-state index contributed by atoms with van der Waals surface area (Å²) < 4.78 is 0. The Morgan fingerprint density at radius 1 is 0.714 bits per heavy atom. The van der Waals surface area contributed by atoms with E-state index in [4.69, 9.17) is 45.1 Å². The van der Waals surface area contributed by atoms with Crippen LogP contribution in [0.2, 0.25) is 5.02 Å². The Labute approximate surface area is 227 Å². The fraction of sp³-hybridized carbons (Fsp3) is 0.348. The molecule has 2 rings (SSSR count). The molecule has 0 aliphatic carbocycles. The summed E-state index contributed by atoms with van der Waals surface area (Å²) in [5.74, 6) is 0. The van der Waals surface area contributed by atoms with Gasteiger partial charge in [-0.15, -0.1) is 0 Å². The molecular formula is C23H33ClCoN5O4S-. The number of benzene rings is 1. The first-order valence-electron chi connectivity index (χ1n) is 9.92. The third-order valence-electron chi connectivity index (χ3n) is 4.01. The summed E-state index contributed by atoms with van der Waals surface area (Å²) in [6, 6.07) is 11.3. The molecule has 0 bridgehead atoms. The van der Waals surface area contributed by atoms with Crippen molar-refractivity contribution in [3.63, 3.8) is 0 Å². The van der Waals surface area contributed by atoms with Gasteiger partial charge < -0.3 is 33.5 Å². The molecule has 35 heavy (non-hydrogen) atoms. The van der Waals surface area contributed by atoms with Crippen LogP contribution in [-0.4, -0.2) is 48.7 Å². The van der Waals surface area contributed by atoms with E-state index in [2.05, 4.69) is 58.5 Å². The van der Waals surface area contributed by atoms with Crippen LogP contribution in [-0.2, 0) is 34.8 Å². The number of nitrogens with zero attached hydrogens (tertiary/aromatic N) is 5. The Hall–Kier alpha value is -2.73. The molecule has 0 amide bonds. The maximum absolute atomic E-state index is 8.03. The van der Waals surface area contributed by atoms with Crippen molar-refractivity contribution in [3.8, 4) is 0 Å². The third-order valence-corrected chi connectivity index (χ3v) is 4.53. The van der Waals surface area contributed by atoms with Crippen LogP contribution in [0.3, 0.4) is 0 Å². The van der Waals surface area contributed by atoms with E-state index < -0.39 is 0 Å². The minimum Gasteiger partial charge on any atom is -0.780 e. The maximum atomic E-state index is 8.03. The number of halogens is 1. The zero-order valence-electron chi connectivity index (χ0n) is 20.8. The standard InChI is InChI=1S/C9H13N.C6H5ClS.2C4H8N2O2.Co/c1-9(2,3)8-4-6-10-7-5-8;7-5-1-3-6(8)4-2-5;2*1-3(5-7)4(2)6-8;/h4-7H,1-3H3;1-4,8H;2*7-8H,1-2H3;/p-1/b;;2*5-3+,6-4+;. The molecule has 0 unspecified atom stereocenters. The maximum Gasteiger partial charge on any atom is 0.101 e. The zero-order valence-corrected chi connectivity index (χ0v) is 23.4. The normalized spacial score (nSPS) is 11.9. The van der Waals surface area contributed by atoms with Crippen molar-refractivity contribution in [2.45, 2.75) is 58.8 Å². The number of aromatic nitrogens is 1. The first kappa shape index (κ1) is 36.8. The molecule has 0 saturated carbocycles. The molecule has 0 atom stereocenters. The van der Waals surface area contributed by atoms with Gasteiger partial charge in [0.05, 0.1) is 0 Å². The van der Waals surface area contributed by atoms with Crippen LogP contribution in [0.5, 0.6) is 0 Å². The van der Waals surface area contributed by atoms with E-state index in [0.717, 1.165) is 9.92 Å². The minimum absolute atomic E-state index is 0. The second-order valence-corrected chi connectivity index (χ2v) is 8.59. The minimum atomic E-state index is 0. The van der Waals surface area contributed by atoms with Crippen molar-refractivity contribution in [3.05, 3.63) is 59.4 Å². The van der Waals surface area contributed by atoms with Crippen molar-refractivity contribution >= 4 is 47.1 Å². The number of hydrogen-bond acceptors (Lipinski definition) is 10. The molecule has 0 saturated heterocycles. The Morgan fingerprint density at radius 2 is 1.03 bits per heavy atom. The van der Waals surface area contributed by atoms with Gasteiger partial charge >= 0.3 is 0 Å². The first-order chi connectivity index (χ1) is 15.8. The van der Waals surface area contributed by atoms with Gasteiger partial charge in [0.2, 0.25) is 0 Å². The van der Waals surface area contributed by atoms with Crippen molar-refractivity contribution < 1.29 is 37.6 Å². The van der Waals surface area contributed by atoms with Gasteiger partial charge in [0.15, 0.2) is 0 Å². The van der Waals surface area contributed by atoms with Gasteiger partial charge in [-0.25, -0.2) is 0 Å². The van der Waals surface area contributed by atoms with E-state index in [1.807, 2.05) is 12.4 Å². The van der Waals surface area contributed by atoms with Gasteiger partial charge in [0.1, 0.15) is 22.8 Å². The van der Waals surface area contributed by atoms with E-state index in [-0.39, 0.29) is 22.2 Å². The molecule has 9 nitrogen and oxygen atoms in total. The van der Waals surface area contributed by atoms with Crippen LogP contribution in [0.1, 0.15) is 54.0 Å². The molecule has 0 spiro atoms. The second-order valence-electron chi connectivity index (χ2n) is 7.68. The topological polar surface area (TPSA) is 143 Å². The molecule has 1 heterocycles. The molecule has 1 aromatic heterocycles. The van der Waals surface area contributed by atoms with Crippen molar-refractivity contribution in [1.82, 2.24) is 4.98 Å². The van der Waals surface area contributed by atoms with Gasteiger partial charge in [-0.05, 0) is 62.9 Å². The molecule has 197 valence electrons. The number of rotatable bonds is 2. The van der Waals surface area contributed by atoms with Gasteiger partial charge in [0.25, 0.3) is 0 Å². The number of hydrogen-bond donors (Lipinski definition) is 4. The zero-order chi connectivity index (χ0) is 26.7. The molecule has 4 N–H and O–H groups in total. The summed E-state index contributed by atoms with van der Waals surface area (Å²) in [7, 11) is 0. The van der Waals surface area contributed by atoms with Crippen molar-refractivity contribution in [1.29, 1.82) is 0 Å². The average molecular weight is 570 g/mol.